The van der Waals surface area contributed by atoms with Gasteiger partial charge in [-0.15, -0.1) is 0 Å². The predicted octanol–water partition coefficient (Wildman–Crippen LogP) is 2.15. The molecule has 3 rings (SSSR count). The van der Waals surface area contributed by atoms with E-state index in [1.165, 1.54) is 30.2 Å². The highest BCUT2D eigenvalue weighted by Gasteiger charge is 2.19. The van der Waals surface area contributed by atoms with E-state index in [1.807, 2.05) is 4.90 Å². The number of piperidine rings is 1. The van der Waals surface area contributed by atoms with Gasteiger partial charge in [-0.25, -0.2) is 13.8 Å². The van der Waals surface area contributed by atoms with Crippen molar-refractivity contribution in [2.75, 3.05) is 31.9 Å². The minimum atomic E-state index is -0.544. The molecule has 1 aromatic heterocycles. The minimum Gasteiger partial charge on any atom is -0.416 e. The molecule has 8 heteroatoms. The Bertz CT molecular complexity index is 774. The van der Waals surface area contributed by atoms with E-state index in [0.29, 0.717) is 37.3 Å². The van der Waals surface area contributed by atoms with Gasteiger partial charge in [0.15, 0.2) is 0 Å². The monoisotopic (exact) mass is 335 g/mol. The van der Waals surface area contributed by atoms with E-state index in [0.717, 1.165) is 5.71 Å². The van der Waals surface area contributed by atoms with Gasteiger partial charge in [0.2, 0.25) is 6.79 Å². The summed E-state index contributed by atoms with van der Waals surface area (Å²) < 4.78 is 25.2. The highest BCUT2D eigenvalue weighted by molar-refractivity contribution is 5.86. The summed E-state index contributed by atoms with van der Waals surface area (Å²) in [5.41, 5.74) is 1.87. The number of nitrogens with zero attached hydrogens (tertiary/aromatic N) is 3. The highest BCUT2D eigenvalue weighted by atomic mass is 19.1. The fourth-order valence-electron chi connectivity index (χ4n) is 2.63. The van der Waals surface area contributed by atoms with E-state index in [9.17, 15) is 9.18 Å². The number of benzene rings is 1. The van der Waals surface area contributed by atoms with Crippen LogP contribution < -0.4 is 10.7 Å². The van der Waals surface area contributed by atoms with Crippen molar-refractivity contribution in [1.29, 1.82) is 0 Å². The molecule has 0 bridgehead atoms. The predicted molar refractivity (Wildman–Crippen MR) is 86.1 cm³/mol. The Balaban J connectivity index is 1.69. The normalized spacial score (nSPS) is 14.8. The summed E-state index contributed by atoms with van der Waals surface area (Å²) in [7, 11) is 1.53. The van der Waals surface area contributed by atoms with Crippen molar-refractivity contribution >= 4 is 11.4 Å². The third kappa shape index (κ3) is 3.48. The van der Waals surface area contributed by atoms with Gasteiger partial charge in [-0.2, -0.15) is 0 Å². The lowest BCUT2D eigenvalue weighted by Gasteiger charge is -2.29. The lowest BCUT2D eigenvalue weighted by Crippen LogP contribution is -2.34. The number of hydrogen-bond acceptors (Lipinski definition) is 6. The van der Waals surface area contributed by atoms with Crippen LogP contribution in [0.4, 0.5) is 10.1 Å². The Morgan fingerprint density at radius 1 is 1.33 bits per heavy atom. The van der Waals surface area contributed by atoms with Crippen LogP contribution in [0.25, 0.3) is 5.69 Å². The minimum absolute atomic E-state index is 0.122. The summed E-state index contributed by atoms with van der Waals surface area (Å²) >= 11 is 0. The van der Waals surface area contributed by atoms with E-state index >= 15 is 0 Å². The van der Waals surface area contributed by atoms with Gasteiger partial charge in [0.05, 0.1) is 23.3 Å². The van der Waals surface area contributed by atoms with E-state index in [2.05, 4.69) is 5.16 Å². The standard InChI is InChI=1S/C16H18FN3O4/c1-22-11-24-18-12-4-6-19(7-5-12)15-3-2-13(10-14(15)17)20-8-9-23-16(20)21/h2-3,8-10H,4-7,11H2,1H3. The molecule has 0 amide bonds. The maximum absolute atomic E-state index is 14.4. The van der Waals surface area contributed by atoms with Gasteiger partial charge < -0.3 is 18.9 Å². The van der Waals surface area contributed by atoms with E-state index < -0.39 is 5.76 Å². The van der Waals surface area contributed by atoms with E-state index in [4.69, 9.17) is 14.0 Å². The lowest BCUT2D eigenvalue weighted by atomic mass is 10.1. The molecule has 2 aromatic rings. The van der Waals surface area contributed by atoms with Crippen LogP contribution in [0.3, 0.4) is 0 Å². The molecule has 1 aliphatic rings. The van der Waals surface area contributed by atoms with Crippen molar-refractivity contribution in [3.63, 3.8) is 0 Å². The molecule has 1 aliphatic heterocycles. The van der Waals surface area contributed by atoms with Crippen molar-refractivity contribution in [1.82, 2.24) is 4.57 Å². The average Bonchev–Trinajstić information content (AvgIpc) is 3.02. The van der Waals surface area contributed by atoms with Crippen LogP contribution in [0.1, 0.15) is 12.8 Å². The molecule has 0 radical (unpaired) electrons. The fourth-order valence-corrected chi connectivity index (χ4v) is 2.63. The summed E-state index contributed by atoms with van der Waals surface area (Å²) in [5.74, 6) is -0.923. The number of methoxy groups -OCH3 is 1. The molecule has 7 nitrogen and oxygen atoms in total. The van der Waals surface area contributed by atoms with Crippen molar-refractivity contribution < 1.29 is 18.4 Å². The highest BCUT2D eigenvalue weighted by Crippen LogP contribution is 2.24. The van der Waals surface area contributed by atoms with Crippen LogP contribution in [0.2, 0.25) is 0 Å². The number of halogens is 1. The Hall–Kier alpha value is -2.61. The largest absolute Gasteiger partial charge is 0.423 e. The fraction of sp³-hybridized carbons (Fsp3) is 0.375. The average molecular weight is 335 g/mol. The van der Waals surface area contributed by atoms with Crippen LogP contribution in [0, 0.1) is 5.82 Å². The Labute approximate surface area is 137 Å². The van der Waals surface area contributed by atoms with Crippen molar-refractivity contribution in [3.8, 4) is 5.69 Å². The van der Waals surface area contributed by atoms with Crippen LogP contribution in [0.5, 0.6) is 0 Å². The number of oxazole rings is 1. The molecule has 0 saturated carbocycles. The van der Waals surface area contributed by atoms with Gasteiger partial charge in [-0.05, 0) is 12.1 Å². The summed E-state index contributed by atoms with van der Waals surface area (Å²) in [6.07, 6.45) is 4.13. The molecule has 1 fully saturated rings. The second-order valence-corrected chi connectivity index (χ2v) is 5.35. The van der Waals surface area contributed by atoms with E-state index in [-0.39, 0.29) is 12.6 Å². The zero-order valence-electron chi connectivity index (χ0n) is 13.3. The molecular weight excluding hydrogens is 317 g/mol. The summed E-state index contributed by atoms with van der Waals surface area (Å²) in [6.45, 7) is 1.42. The number of ether oxygens (including phenoxy) is 1. The molecule has 0 atom stereocenters. The molecular formula is C16H18FN3O4. The third-order valence-corrected chi connectivity index (χ3v) is 3.83. The SMILES string of the molecule is COCON=C1CCN(c2ccc(-n3ccoc3=O)cc2F)CC1. The lowest BCUT2D eigenvalue weighted by molar-refractivity contribution is -0.0287. The molecule has 1 aromatic carbocycles. The first-order valence-electron chi connectivity index (χ1n) is 7.56. The third-order valence-electron chi connectivity index (χ3n) is 3.83. The Kier molecular flexibility index (Phi) is 4.95. The van der Waals surface area contributed by atoms with Gasteiger partial charge in [-0.3, -0.25) is 0 Å². The Morgan fingerprint density at radius 3 is 2.75 bits per heavy atom. The van der Waals surface area contributed by atoms with Crippen molar-refractivity contribution in [3.05, 3.63) is 47.0 Å². The number of anilines is 1. The van der Waals surface area contributed by atoms with Crippen LogP contribution >= 0.6 is 0 Å². The molecule has 0 spiro atoms. The van der Waals surface area contributed by atoms with E-state index in [1.54, 1.807) is 12.1 Å². The first kappa shape index (κ1) is 16.3. The number of oxime groups is 1. The summed E-state index contributed by atoms with van der Waals surface area (Å²) in [5, 5.41) is 4.00. The Morgan fingerprint density at radius 2 is 2.12 bits per heavy atom. The molecule has 24 heavy (non-hydrogen) atoms. The van der Waals surface area contributed by atoms with Gasteiger partial charge in [-0.1, -0.05) is 5.16 Å². The molecule has 128 valence electrons. The molecule has 1 saturated heterocycles. The van der Waals surface area contributed by atoms with Crippen LogP contribution in [-0.2, 0) is 9.57 Å². The molecule has 0 unspecified atom stereocenters. The topological polar surface area (TPSA) is 69.2 Å². The summed E-state index contributed by atoms with van der Waals surface area (Å²) in [4.78, 5) is 18.4. The number of hydrogen-bond donors (Lipinski definition) is 0. The van der Waals surface area contributed by atoms with Gasteiger partial charge in [0.1, 0.15) is 12.1 Å². The molecule has 0 aliphatic carbocycles. The summed E-state index contributed by atoms with van der Waals surface area (Å²) in [6, 6.07) is 4.70. The zero-order chi connectivity index (χ0) is 16.9. The van der Waals surface area contributed by atoms with Gasteiger partial charge in [0.25, 0.3) is 0 Å². The number of aromatic nitrogens is 1. The zero-order valence-corrected chi connectivity index (χ0v) is 13.3. The van der Waals surface area contributed by atoms with Crippen LogP contribution in [0.15, 0.2) is 45.0 Å². The van der Waals surface area contributed by atoms with Crippen LogP contribution in [-0.4, -0.2) is 37.3 Å². The van der Waals surface area contributed by atoms with Gasteiger partial charge >= 0.3 is 5.76 Å². The van der Waals surface area contributed by atoms with Gasteiger partial charge in [0, 0.05) is 39.1 Å². The maximum Gasteiger partial charge on any atom is 0.423 e. The smallest absolute Gasteiger partial charge is 0.416 e. The van der Waals surface area contributed by atoms with Crippen molar-refractivity contribution in [2.24, 2.45) is 5.16 Å². The maximum atomic E-state index is 14.4. The first-order valence-corrected chi connectivity index (χ1v) is 7.56. The second-order valence-electron chi connectivity index (χ2n) is 5.35. The second kappa shape index (κ2) is 7.31. The van der Waals surface area contributed by atoms with Crippen molar-refractivity contribution in [2.45, 2.75) is 12.8 Å². The first-order chi connectivity index (χ1) is 11.7. The number of rotatable bonds is 5. The molecule has 0 N–H and O–H groups in total. The molecule has 2 heterocycles. The quantitative estimate of drug-likeness (QED) is 0.476.